The number of methoxy groups -OCH3 is 1. The summed E-state index contributed by atoms with van der Waals surface area (Å²) in [4.78, 5) is 11.4. The van der Waals surface area contributed by atoms with Gasteiger partial charge in [-0.3, -0.25) is 4.79 Å². The molecule has 17 heavy (non-hydrogen) atoms. The minimum atomic E-state index is -0.0271. The Bertz CT molecular complexity index is 383. The normalized spacial score (nSPS) is 9.82. The molecule has 0 spiro atoms. The van der Waals surface area contributed by atoms with Gasteiger partial charge in [-0.25, -0.2) is 0 Å². The molecule has 5 heteroatoms. The van der Waals surface area contributed by atoms with Crippen LogP contribution in [0, 0.1) is 0 Å². The Labute approximate surface area is 106 Å². The average Bonchev–Trinajstić information content (AvgIpc) is 2.35. The van der Waals surface area contributed by atoms with Crippen LogP contribution < -0.4 is 15.4 Å². The van der Waals surface area contributed by atoms with Crippen molar-refractivity contribution in [1.82, 2.24) is 5.32 Å². The number of hydrogen-bond acceptors (Lipinski definition) is 3. The lowest BCUT2D eigenvalue weighted by Crippen LogP contribution is -2.30. The summed E-state index contributed by atoms with van der Waals surface area (Å²) in [6.45, 7) is 2.95. The van der Waals surface area contributed by atoms with Gasteiger partial charge in [0.1, 0.15) is 5.75 Å². The zero-order chi connectivity index (χ0) is 12.7. The topological polar surface area (TPSA) is 50.4 Å². The monoisotopic (exact) mass is 256 g/mol. The first-order chi connectivity index (χ1) is 8.17. The molecule has 0 aromatic heterocycles. The number of hydrogen-bond donors (Lipinski definition) is 2. The van der Waals surface area contributed by atoms with Crippen LogP contribution in [0.25, 0.3) is 0 Å². The highest BCUT2D eigenvalue weighted by Gasteiger charge is 2.03. The molecule has 2 N–H and O–H groups in total. The third-order valence-electron chi connectivity index (χ3n) is 2.18. The summed E-state index contributed by atoms with van der Waals surface area (Å²) in [7, 11) is 1.55. The maximum Gasteiger partial charge on any atom is 0.239 e. The van der Waals surface area contributed by atoms with Gasteiger partial charge in [-0.1, -0.05) is 18.5 Å². The van der Waals surface area contributed by atoms with Crippen LogP contribution in [0.2, 0.25) is 5.02 Å². The highest BCUT2D eigenvalue weighted by atomic mass is 35.5. The van der Waals surface area contributed by atoms with Crippen molar-refractivity contribution >= 4 is 23.2 Å². The second-order valence-corrected chi connectivity index (χ2v) is 3.96. The van der Waals surface area contributed by atoms with Crippen LogP contribution in [0.5, 0.6) is 5.75 Å². The van der Waals surface area contributed by atoms with Gasteiger partial charge in [-0.05, 0) is 18.6 Å². The Morgan fingerprint density at radius 2 is 2.24 bits per heavy atom. The average molecular weight is 257 g/mol. The van der Waals surface area contributed by atoms with E-state index in [2.05, 4.69) is 10.6 Å². The lowest BCUT2D eigenvalue weighted by molar-refractivity contribution is -0.119. The Morgan fingerprint density at radius 3 is 2.88 bits per heavy atom. The van der Waals surface area contributed by atoms with E-state index >= 15 is 0 Å². The molecule has 1 aromatic carbocycles. The molecule has 0 aliphatic heterocycles. The smallest absolute Gasteiger partial charge is 0.239 e. The standard InChI is InChI=1S/C12H17ClN2O2/c1-3-6-14-12(16)8-15-9-4-5-10(13)11(7-9)17-2/h4-5,7,15H,3,6,8H2,1-2H3,(H,14,16). The van der Waals surface area contributed by atoms with Crippen molar-refractivity contribution in [3.05, 3.63) is 23.2 Å². The molecule has 0 radical (unpaired) electrons. The van der Waals surface area contributed by atoms with E-state index in [1.54, 1.807) is 25.3 Å². The van der Waals surface area contributed by atoms with Gasteiger partial charge in [0.05, 0.1) is 18.7 Å². The molecule has 0 unspecified atom stereocenters. The Kier molecular flexibility index (Phi) is 5.63. The number of rotatable bonds is 6. The van der Waals surface area contributed by atoms with E-state index in [1.807, 2.05) is 6.92 Å². The van der Waals surface area contributed by atoms with Crippen LogP contribution in [-0.4, -0.2) is 26.1 Å². The molecule has 0 aliphatic rings. The van der Waals surface area contributed by atoms with E-state index in [-0.39, 0.29) is 12.5 Å². The van der Waals surface area contributed by atoms with Crippen molar-refractivity contribution in [2.75, 3.05) is 25.5 Å². The summed E-state index contributed by atoms with van der Waals surface area (Å²) < 4.78 is 5.08. The first-order valence-corrected chi connectivity index (χ1v) is 5.89. The number of carbonyl (C=O) groups excluding carboxylic acids is 1. The highest BCUT2D eigenvalue weighted by Crippen LogP contribution is 2.27. The van der Waals surface area contributed by atoms with E-state index in [4.69, 9.17) is 16.3 Å². The van der Waals surface area contributed by atoms with Gasteiger partial charge in [0.2, 0.25) is 5.91 Å². The minimum absolute atomic E-state index is 0.0271. The van der Waals surface area contributed by atoms with Crippen LogP contribution in [-0.2, 0) is 4.79 Å². The molecular weight excluding hydrogens is 240 g/mol. The van der Waals surface area contributed by atoms with E-state index in [0.717, 1.165) is 12.1 Å². The summed E-state index contributed by atoms with van der Waals surface area (Å²) in [6.07, 6.45) is 0.931. The van der Waals surface area contributed by atoms with Gasteiger partial charge in [-0.2, -0.15) is 0 Å². The lowest BCUT2D eigenvalue weighted by atomic mass is 10.3. The Balaban J connectivity index is 2.49. The largest absolute Gasteiger partial charge is 0.495 e. The SMILES string of the molecule is CCCNC(=O)CNc1ccc(Cl)c(OC)c1. The maximum absolute atomic E-state index is 11.4. The van der Waals surface area contributed by atoms with Crippen LogP contribution >= 0.6 is 11.6 Å². The van der Waals surface area contributed by atoms with Gasteiger partial charge in [0, 0.05) is 18.3 Å². The second kappa shape index (κ2) is 7.01. The van der Waals surface area contributed by atoms with Crippen molar-refractivity contribution < 1.29 is 9.53 Å². The van der Waals surface area contributed by atoms with Crippen molar-refractivity contribution in [2.45, 2.75) is 13.3 Å². The zero-order valence-electron chi connectivity index (χ0n) is 10.0. The Morgan fingerprint density at radius 1 is 1.47 bits per heavy atom. The van der Waals surface area contributed by atoms with E-state index in [0.29, 0.717) is 17.3 Å². The van der Waals surface area contributed by atoms with Gasteiger partial charge in [0.25, 0.3) is 0 Å². The number of benzene rings is 1. The highest BCUT2D eigenvalue weighted by molar-refractivity contribution is 6.32. The molecule has 0 atom stereocenters. The zero-order valence-corrected chi connectivity index (χ0v) is 10.8. The van der Waals surface area contributed by atoms with E-state index in [1.165, 1.54) is 0 Å². The summed E-state index contributed by atoms with van der Waals surface area (Å²) in [6, 6.07) is 5.29. The van der Waals surface area contributed by atoms with Crippen molar-refractivity contribution in [2.24, 2.45) is 0 Å². The molecule has 0 saturated heterocycles. The van der Waals surface area contributed by atoms with Crippen molar-refractivity contribution in [3.8, 4) is 5.75 Å². The molecular formula is C12H17ClN2O2. The molecule has 0 fully saturated rings. The van der Waals surface area contributed by atoms with Gasteiger partial charge in [-0.15, -0.1) is 0 Å². The fraction of sp³-hybridized carbons (Fsp3) is 0.417. The third-order valence-corrected chi connectivity index (χ3v) is 2.49. The van der Waals surface area contributed by atoms with Crippen LogP contribution in [0.3, 0.4) is 0 Å². The molecule has 1 aromatic rings. The predicted molar refractivity (Wildman–Crippen MR) is 69.8 cm³/mol. The lowest BCUT2D eigenvalue weighted by Gasteiger charge is -2.09. The Hall–Kier alpha value is -1.42. The number of anilines is 1. The predicted octanol–water partition coefficient (Wildman–Crippen LogP) is 2.29. The summed E-state index contributed by atoms with van der Waals surface area (Å²) >= 11 is 5.90. The number of carbonyl (C=O) groups is 1. The quantitative estimate of drug-likeness (QED) is 0.821. The molecule has 1 rings (SSSR count). The minimum Gasteiger partial charge on any atom is -0.495 e. The number of nitrogens with one attached hydrogen (secondary N) is 2. The van der Waals surface area contributed by atoms with Crippen molar-refractivity contribution in [1.29, 1.82) is 0 Å². The van der Waals surface area contributed by atoms with E-state index in [9.17, 15) is 4.79 Å². The molecule has 0 saturated carbocycles. The summed E-state index contributed by atoms with van der Waals surface area (Å²) in [5.74, 6) is 0.561. The van der Waals surface area contributed by atoms with Gasteiger partial charge in [0.15, 0.2) is 0 Å². The first-order valence-electron chi connectivity index (χ1n) is 5.51. The second-order valence-electron chi connectivity index (χ2n) is 3.55. The fourth-order valence-corrected chi connectivity index (χ4v) is 1.47. The molecule has 94 valence electrons. The number of amides is 1. The van der Waals surface area contributed by atoms with Crippen molar-refractivity contribution in [3.63, 3.8) is 0 Å². The van der Waals surface area contributed by atoms with Crippen LogP contribution in [0.15, 0.2) is 18.2 Å². The van der Waals surface area contributed by atoms with Crippen LogP contribution in [0.4, 0.5) is 5.69 Å². The number of halogens is 1. The fourth-order valence-electron chi connectivity index (χ4n) is 1.28. The number of ether oxygens (including phenoxy) is 1. The van der Waals surface area contributed by atoms with Crippen LogP contribution in [0.1, 0.15) is 13.3 Å². The molecule has 0 aliphatic carbocycles. The van der Waals surface area contributed by atoms with Gasteiger partial charge < -0.3 is 15.4 Å². The molecule has 4 nitrogen and oxygen atoms in total. The van der Waals surface area contributed by atoms with E-state index < -0.39 is 0 Å². The third kappa shape index (κ3) is 4.53. The van der Waals surface area contributed by atoms with Gasteiger partial charge >= 0.3 is 0 Å². The molecule has 0 heterocycles. The molecule has 0 bridgehead atoms. The maximum atomic E-state index is 11.4. The summed E-state index contributed by atoms with van der Waals surface area (Å²) in [5.41, 5.74) is 0.804. The first kappa shape index (κ1) is 13.6. The summed E-state index contributed by atoms with van der Waals surface area (Å²) in [5, 5.41) is 6.34. The molecule has 1 amide bonds.